The highest BCUT2D eigenvalue weighted by atomic mass is 16.3. The Morgan fingerprint density at radius 2 is 1.95 bits per heavy atom. The fourth-order valence-electron chi connectivity index (χ4n) is 1.68. The predicted octanol–water partition coefficient (Wildman–Crippen LogP) is 2.66. The lowest BCUT2D eigenvalue weighted by Crippen LogP contribution is -1.86. The minimum absolute atomic E-state index is 0.403. The second-order valence-electron chi connectivity index (χ2n) is 3.94. The maximum absolute atomic E-state index is 5.50. The molecule has 0 saturated carbocycles. The molecule has 0 aliphatic rings. The first-order valence-electron chi connectivity index (χ1n) is 5.85. The first-order valence-corrected chi connectivity index (χ1v) is 5.85. The molecular formula is C15H11N3O. The molecule has 0 fully saturated rings. The van der Waals surface area contributed by atoms with E-state index < -0.39 is 0 Å². The van der Waals surface area contributed by atoms with Gasteiger partial charge in [-0.3, -0.25) is 4.98 Å². The van der Waals surface area contributed by atoms with Crippen LogP contribution in [0.5, 0.6) is 0 Å². The van der Waals surface area contributed by atoms with Crippen molar-refractivity contribution in [3.63, 3.8) is 0 Å². The standard InChI is InChI=1S/C15H11N3O/c1-16-12-5-2-11(3-6-12)4-7-15-18-13-10-17-9-8-14(13)19-15/h2-3,5-6,8-10,16H,1H3. The SMILES string of the molecule is CNc1ccc(C#Cc2nc3cnccc3o2)cc1. The number of hydrogen-bond acceptors (Lipinski definition) is 4. The second kappa shape index (κ2) is 4.83. The van der Waals surface area contributed by atoms with E-state index in [-0.39, 0.29) is 0 Å². The maximum atomic E-state index is 5.50. The number of rotatable bonds is 1. The molecule has 92 valence electrons. The number of hydrogen-bond donors (Lipinski definition) is 1. The molecule has 0 atom stereocenters. The van der Waals surface area contributed by atoms with Crippen LogP contribution in [0.4, 0.5) is 5.69 Å². The molecule has 2 heterocycles. The van der Waals surface area contributed by atoms with Crippen molar-refractivity contribution in [3.05, 3.63) is 54.2 Å². The highest BCUT2D eigenvalue weighted by Gasteiger charge is 2.01. The van der Waals surface area contributed by atoms with Gasteiger partial charge >= 0.3 is 0 Å². The van der Waals surface area contributed by atoms with Crippen LogP contribution in [0.15, 0.2) is 47.1 Å². The number of benzene rings is 1. The van der Waals surface area contributed by atoms with Crippen LogP contribution in [-0.4, -0.2) is 17.0 Å². The predicted molar refractivity (Wildman–Crippen MR) is 73.8 cm³/mol. The summed E-state index contributed by atoms with van der Waals surface area (Å²) in [7, 11) is 1.88. The Hall–Kier alpha value is -2.80. The zero-order valence-electron chi connectivity index (χ0n) is 10.3. The Labute approximate surface area is 110 Å². The van der Waals surface area contributed by atoms with E-state index >= 15 is 0 Å². The van der Waals surface area contributed by atoms with Gasteiger partial charge in [0.05, 0.1) is 6.20 Å². The number of aromatic nitrogens is 2. The number of fused-ring (bicyclic) bond motifs is 1. The highest BCUT2D eigenvalue weighted by Crippen LogP contribution is 2.13. The average Bonchev–Trinajstić information content (AvgIpc) is 2.88. The van der Waals surface area contributed by atoms with Crippen molar-refractivity contribution in [3.8, 4) is 11.8 Å². The molecule has 0 saturated heterocycles. The third kappa shape index (κ3) is 2.40. The van der Waals surface area contributed by atoms with E-state index in [9.17, 15) is 0 Å². The van der Waals surface area contributed by atoms with Crippen molar-refractivity contribution in [2.45, 2.75) is 0 Å². The van der Waals surface area contributed by atoms with Crippen LogP contribution in [0, 0.1) is 11.8 Å². The summed E-state index contributed by atoms with van der Waals surface area (Å²) in [6.07, 6.45) is 3.33. The summed E-state index contributed by atoms with van der Waals surface area (Å²) in [5, 5.41) is 3.06. The molecule has 0 radical (unpaired) electrons. The van der Waals surface area contributed by atoms with Crippen LogP contribution < -0.4 is 5.32 Å². The maximum Gasteiger partial charge on any atom is 0.274 e. The molecule has 1 aromatic carbocycles. The quantitative estimate of drug-likeness (QED) is 0.674. The first-order chi connectivity index (χ1) is 9.35. The summed E-state index contributed by atoms with van der Waals surface area (Å²) in [6, 6.07) is 9.61. The van der Waals surface area contributed by atoms with Crippen LogP contribution in [0.25, 0.3) is 11.1 Å². The van der Waals surface area contributed by atoms with E-state index in [1.54, 1.807) is 18.5 Å². The lowest BCUT2D eigenvalue weighted by atomic mass is 10.2. The van der Waals surface area contributed by atoms with Gasteiger partial charge in [-0.1, -0.05) is 5.92 Å². The molecule has 0 amide bonds. The van der Waals surface area contributed by atoms with Gasteiger partial charge in [0, 0.05) is 30.6 Å². The summed E-state index contributed by atoms with van der Waals surface area (Å²) < 4.78 is 5.50. The average molecular weight is 249 g/mol. The summed E-state index contributed by atoms with van der Waals surface area (Å²) in [5.74, 6) is 6.33. The summed E-state index contributed by atoms with van der Waals surface area (Å²) in [4.78, 5) is 8.23. The van der Waals surface area contributed by atoms with Crippen molar-refractivity contribution in [1.29, 1.82) is 0 Å². The third-order valence-corrected chi connectivity index (χ3v) is 2.68. The molecule has 1 N–H and O–H groups in total. The molecule has 19 heavy (non-hydrogen) atoms. The van der Waals surface area contributed by atoms with Crippen molar-refractivity contribution < 1.29 is 4.42 Å². The van der Waals surface area contributed by atoms with Gasteiger partial charge in [0.15, 0.2) is 5.58 Å². The Morgan fingerprint density at radius 3 is 2.68 bits per heavy atom. The van der Waals surface area contributed by atoms with E-state index in [0.717, 1.165) is 16.8 Å². The molecule has 2 aromatic heterocycles. The number of nitrogens with zero attached hydrogens (tertiary/aromatic N) is 2. The van der Waals surface area contributed by atoms with Crippen LogP contribution in [-0.2, 0) is 0 Å². The first kappa shape index (κ1) is 11.3. The molecule has 0 aliphatic heterocycles. The Morgan fingerprint density at radius 1 is 1.11 bits per heavy atom. The Balaban J connectivity index is 1.89. The van der Waals surface area contributed by atoms with Crippen LogP contribution in [0.3, 0.4) is 0 Å². The molecule has 3 aromatic rings. The lowest BCUT2D eigenvalue weighted by Gasteiger charge is -1.97. The van der Waals surface area contributed by atoms with E-state index in [1.165, 1.54) is 0 Å². The van der Waals surface area contributed by atoms with E-state index in [1.807, 2.05) is 31.3 Å². The number of oxazole rings is 1. The van der Waals surface area contributed by atoms with Gasteiger partial charge in [-0.25, -0.2) is 4.98 Å². The Kier molecular flexibility index (Phi) is 2.87. The zero-order chi connectivity index (χ0) is 13.1. The van der Waals surface area contributed by atoms with Gasteiger partial charge in [0.2, 0.25) is 0 Å². The normalized spacial score (nSPS) is 9.95. The van der Waals surface area contributed by atoms with Crippen molar-refractivity contribution in [1.82, 2.24) is 9.97 Å². The second-order valence-corrected chi connectivity index (χ2v) is 3.94. The van der Waals surface area contributed by atoms with E-state index in [4.69, 9.17) is 4.42 Å². The molecule has 0 unspecified atom stereocenters. The van der Waals surface area contributed by atoms with Crippen LogP contribution in [0.2, 0.25) is 0 Å². The lowest BCUT2D eigenvalue weighted by molar-refractivity contribution is 0.586. The third-order valence-electron chi connectivity index (χ3n) is 2.68. The summed E-state index contributed by atoms with van der Waals surface area (Å²) in [6.45, 7) is 0. The minimum atomic E-state index is 0.403. The van der Waals surface area contributed by atoms with E-state index in [2.05, 4.69) is 27.1 Å². The molecule has 4 nitrogen and oxygen atoms in total. The van der Waals surface area contributed by atoms with Gasteiger partial charge in [-0.2, -0.15) is 0 Å². The fraction of sp³-hybridized carbons (Fsp3) is 0.0667. The van der Waals surface area contributed by atoms with Crippen molar-refractivity contribution in [2.75, 3.05) is 12.4 Å². The van der Waals surface area contributed by atoms with Crippen molar-refractivity contribution >= 4 is 16.8 Å². The van der Waals surface area contributed by atoms with Gasteiger partial charge in [-0.05, 0) is 30.2 Å². The molecule has 0 aliphatic carbocycles. The highest BCUT2D eigenvalue weighted by molar-refractivity contribution is 5.71. The largest absolute Gasteiger partial charge is 0.430 e. The molecule has 3 rings (SSSR count). The molecule has 4 heteroatoms. The van der Waals surface area contributed by atoms with Gasteiger partial charge in [-0.15, -0.1) is 0 Å². The fourth-order valence-corrected chi connectivity index (χ4v) is 1.68. The molecule has 0 bridgehead atoms. The van der Waals surface area contributed by atoms with Gasteiger partial charge in [0.1, 0.15) is 5.52 Å². The van der Waals surface area contributed by atoms with Crippen LogP contribution >= 0.6 is 0 Å². The van der Waals surface area contributed by atoms with Crippen molar-refractivity contribution in [2.24, 2.45) is 0 Å². The molecule has 0 spiro atoms. The number of pyridine rings is 1. The van der Waals surface area contributed by atoms with Crippen LogP contribution in [0.1, 0.15) is 11.5 Å². The van der Waals surface area contributed by atoms with E-state index in [0.29, 0.717) is 11.5 Å². The Bertz CT molecular complexity index is 730. The topological polar surface area (TPSA) is 51.0 Å². The molecular weight excluding hydrogens is 238 g/mol. The minimum Gasteiger partial charge on any atom is -0.430 e. The smallest absolute Gasteiger partial charge is 0.274 e. The summed E-state index contributed by atoms with van der Waals surface area (Å²) in [5.41, 5.74) is 3.39. The number of nitrogens with one attached hydrogen (secondary N) is 1. The summed E-state index contributed by atoms with van der Waals surface area (Å²) >= 11 is 0. The monoisotopic (exact) mass is 249 g/mol. The zero-order valence-corrected chi connectivity index (χ0v) is 10.3. The van der Waals surface area contributed by atoms with Gasteiger partial charge in [0.25, 0.3) is 5.89 Å². The number of anilines is 1. The van der Waals surface area contributed by atoms with Gasteiger partial charge < -0.3 is 9.73 Å².